The molecule has 3 rings (SSSR count). The summed E-state index contributed by atoms with van der Waals surface area (Å²) >= 11 is 1.19. The highest BCUT2D eigenvalue weighted by atomic mass is 32.1. The van der Waals surface area contributed by atoms with E-state index < -0.39 is 5.97 Å². The van der Waals surface area contributed by atoms with Gasteiger partial charge in [-0.1, -0.05) is 12.1 Å². The van der Waals surface area contributed by atoms with Crippen LogP contribution in [-0.2, 0) is 16.1 Å². The van der Waals surface area contributed by atoms with E-state index in [2.05, 4.69) is 5.32 Å². The number of ether oxygens (including phenoxy) is 1. The van der Waals surface area contributed by atoms with E-state index in [1.54, 1.807) is 36.7 Å². The number of pyridine rings is 1. The molecule has 2 aromatic heterocycles. The van der Waals surface area contributed by atoms with Crippen molar-refractivity contribution in [3.8, 4) is 16.9 Å². The summed E-state index contributed by atoms with van der Waals surface area (Å²) < 4.78 is 19.9. The predicted molar refractivity (Wildman–Crippen MR) is 103 cm³/mol. The lowest BCUT2D eigenvalue weighted by atomic mass is 10.0. The van der Waals surface area contributed by atoms with Crippen molar-refractivity contribution in [1.29, 1.82) is 0 Å². The first-order valence-electron chi connectivity index (χ1n) is 8.50. The molecule has 6 nitrogen and oxygen atoms in total. The number of esters is 1. The third-order valence-corrected chi connectivity index (χ3v) is 4.74. The molecule has 0 radical (unpaired) electrons. The third-order valence-electron chi connectivity index (χ3n) is 3.85. The van der Waals surface area contributed by atoms with Crippen LogP contribution in [0.2, 0.25) is 0 Å². The van der Waals surface area contributed by atoms with Crippen LogP contribution in [-0.4, -0.2) is 23.6 Å². The first-order valence-corrected chi connectivity index (χ1v) is 9.38. The van der Waals surface area contributed by atoms with Gasteiger partial charge in [0.2, 0.25) is 12.7 Å². The highest BCUT2D eigenvalue weighted by Crippen LogP contribution is 2.36. The van der Waals surface area contributed by atoms with Gasteiger partial charge in [0.05, 0.1) is 6.61 Å². The van der Waals surface area contributed by atoms with Crippen molar-refractivity contribution in [2.75, 3.05) is 11.9 Å². The number of hydrogen-bond donors (Lipinski definition) is 2. The summed E-state index contributed by atoms with van der Waals surface area (Å²) in [4.78, 5) is 24.9. The van der Waals surface area contributed by atoms with Gasteiger partial charge in [-0.15, -0.1) is 11.3 Å². The van der Waals surface area contributed by atoms with Crippen molar-refractivity contribution in [1.82, 2.24) is 0 Å². The third kappa shape index (κ3) is 4.52. The number of nitrogens with one attached hydrogen (secondary N) is 1. The maximum Gasteiger partial charge on any atom is 0.341 e. The minimum atomic E-state index is -0.566. The first-order chi connectivity index (χ1) is 13.5. The van der Waals surface area contributed by atoms with Crippen LogP contribution in [0.1, 0.15) is 17.3 Å². The molecule has 0 unspecified atom stereocenters. The quantitative estimate of drug-likeness (QED) is 0.490. The number of anilines is 1. The zero-order chi connectivity index (χ0) is 20.1. The van der Waals surface area contributed by atoms with Crippen molar-refractivity contribution in [3.05, 3.63) is 65.6 Å². The molecule has 28 heavy (non-hydrogen) atoms. The first kappa shape index (κ1) is 19.5. The van der Waals surface area contributed by atoms with Crippen molar-refractivity contribution in [2.45, 2.75) is 13.5 Å². The number of carbonyl (C=O) groups excluding carboxylic acids is 2. The standard InChI is InChI=1S/C20H17FN2O4S/c1-2-27-20(26)18-16(13-5-7-14(21)8-6-13)12-28-19(18)22-17(25)11-23-9-3-4-15(24)10-23/h3-10,12H,2,11H2,1H3,(H-,22,24,25,26)/p+1. The fourth-order valence-corrected chi connectivity index (χ4v) is 3.61. The Balaban J connectivity index is 1.88. The highest BCUT2D eigenvalue weighted by Gasteiger charge is 2.23. The molecule has 2 heterocycles. The summed E-state index contributed by atoms with van der Waals surface area (Å²) in [7, 11) is 0. The number of aromatic nitrogens is 1. The van der Waals surface area contributed by atoms with Gasteiger partial charge in [0, 0.05) is 17.0 Å². The van der Waals surface area contributed by atoms with Gasteiger partial charge in [-0.2, -0.15) is 4.57 Å². The molecule has 0 aliphatic rings. The Morgan fingerprint density at radius 1 is 1.25 bits per heavy atom. The Labute approximate surface area is 164 Å². The van der Waals surface area contributed by atoms with Crippen LogP contribution in [0.4, 0.5) is 9.39 Å². The van der Waals surface area contributed by atoms with Gasteiger partial charge in [0.25, 0.3) is 5.91 Å². The second-order valence-corrected chi connectivity index (χ2v) is 6.74. The average molecular weight is 401 g/mol. The van der Waals surface area contributed by atoms with Crippen LogP contribution in [0.3, 0.4) is 0 Å². The minimum Gasteiger partial charge on any atom is -0.503 e. The molecule has 0 aliphatic heterocycles. The highest BCUT2D eigenvalue weighted by molar-refractivity contribution is 7.15. The van der Waals surface area contributed by atoms with E-state index in [1.165, 1.54) is 40.3 Å². The van der Waals surface area contributed by atoms with Crippen LogP contribution in [0, 0.1) is 5.82 Å². The van der Waals surface area contributed by atoms with Crippen molar-refractivity contribution >= 4 is 28.2 Å². The maximum absolute atomic E-state index is 13.2. The zero-order valence-corrected chi connectivity index (χ0v) is 15.8. The van der Waals surface area contributed by atoms with E-state index in [9.17, 15) is 19.1 Å². The predicted octanol–water partition coefficient (Wildman–Crippen LogP) is 3.36. The summed E-state index contributed by atoms with van der Waals surface area (Å²) in [5, 5.41) is 14.3. The molecule has 1 aromatic carbocycles. The second-order valence-electron chi connectivity index (χ2n) is 5.86. The molecular formula is C20H18FN2O4S+. The second kappa shape index (κ2) is 8.62. The maximum atomic E-state index is 13.2. The molecule has 0 aliphatic carbocycles. The van der Waals surface area contributed by atoms with E-state index in [0.29, 0.717) is 16.1 Å². The van der Waals surface area contributed by atoms with Crippen LogP contribution < -0.4 is 9.88 Å². The Kier molecular flexibility index (Phi) is 6.00. The SMILES string of the molecule is CCOC(=O)c1c(-c2ccc(F)cc2)csc1NC(=O)C[n+]1cccc(O)c1. The lowest BCUT2D eigenvalue weighted by Crippen LogP contribution is -2.39. The van der Waals surface area contributed by atoms with Gasteiger partial charge in [0.1, 0.15) is 16.4 Å². The fraction of sp³-hybridized carbons (Fsp3) is 0.150. The number of thiophene rings is 1. The molecular weight excluding hydrogens is 383 g/mol. The summed E-state index contributed by atoms with van der Waals surface area (Å²) in [6.07, 6.45) is 3.06. The lowest BCUT2D eigenvalue weighted by molar-refractivity contribution is -0.684. The largest absolute Gasteiger partial charge is 0.503 e. The molecule has 0 spiro atoms. The Bertz CT molecular complexity index is 1000. The van der Waals surface area contributed by atoms with E-state index in [4.69, 9.17) is 4.74 Å². The number of nitrogens with zero attached hydrogens (tertiary/aromatic N) is 1. The van der Waals surface area contributed by atoms with Crippen molar-refractivity contribution in [2.24, 2.45) is 0 Å². The number of rotatable bonds is 6. The molecule has 0 fully saturated rings. The van der Waals surface area contributed by atoms with E-state index in [0.717, 1.165) is 0 Å². The lowest BCUT2D eigenvalue weighted by Gasteiger charge is -2.08. The molecule has 1 amide bonds. The normalized spacial score (nSPS) is 10.5. The zero-order valence-electron chi connectivity index (χ0n) is 15.0. The van der Waals surface area contributed by atoms with E-state index >= 15 is 0 Å². The van der Waals surface area contributed by atoms with Gasteiger partial charge < -0.3 is 15.2 Å². The topological polar surface area (TPSA) is 79.5 Å². The molecule has 8 heteroatoms. The van der Waals surface area contributed by atoms with Crippen LogP contribution >= 0.6 is 11.3 Å². The molecule has 144 valence electrons. The number of hydrogen-bond acceptors (Lipinski definition) is 5. The monoisotopic (exact) mass is 401 g/mol. The fourth-order valence-electron chi connectivity index (χ4n) is 2.64. The summed E-state index contributed by atoms with van der Waals surface area (Å²) in [6, 6.07) is 8.85. The number of carbonyl (C=O) groups is 2. The molecule has 0 saturated heterocycles. The van der Waals surface area contributed by atoms with Gasteiger partial charge in [-0.25, -0.2) is 9.18 Å². The smallest absolute Gasteiger partial charge is 0.341 e. The number of benzene rings is 1. The summed E-state index contributed by atoms with van der Waals surface area (Å²) in [6.45, 7) is 1.84. The van der Waals surface area contributed by atoms with Crippen LogP contribution in [0.25, 0.3) is 11.1 Å². The Hall–Kier alpha value is -3.26. The molecule has 0 bridgehead atoms. The molecule has 0 atom stereocenters. The summed E-state index contributed by atoms with van der Waals surface area (Å²) in [5.74, 6) is -1.28. The molecule has 0 saturated carbocycles. The number of aromatic hydroxyl groups is 1. The van der Waals surface area contributed by atoms with E-state index in [1.807, 2.05) is 0 Å². The minimum absolute atomic E-state index is 0.0391. The van der Waals surface area contributed by atoms with Gasteiger partial charge >= 0.3 is 5.97 Å². The Morgan fingerprint density at radius 3 is 2.68 bits per heavy atom. The molecule has 2 N–H and O–H groups in total. The van der Waals surface area contributed by atoms with Gasteiger partial charge in [0.15, 0.2) is 11.9 Å². The number of amides is 1. The van der Waals surface area contributed by atoms with E-state index in [-0.39, 0.29) is 36.2 Å². The number of halogens is 1. The Morgan fingerprint density at radius 2 is 2.00 bits per heavy atom. The van der Waals surface area contributed by atoms with Crippen LogP contribution in [0.5, 0.6) is 5.75 Å². The van der Waals surface area contributed by atoms with Gasteiger partial charge in [-0.05, 0) is 30.7 Å². The molecule has 3 aromatic rings. The van der Waals surface area contributed by atoms with Crippen molar-refractivity contribution in [3.63, 3.8) is 0 Å². The van der Waals surface area contributed by atoms with Crippen molar-refractivity contribution < 1.29 is 28.4 Å². The summed E-state index contributed by atoms with van der Waals surface area (Å²) in [5.41, 5.74) is 1.43. The average Bonchev–Trinajstić information content (AvgIpc) is 3.06. The van der Waals surface area contributed by atoms with Gasteiger partial charge in [-0.3, -0.25) is 4.79 Å². The van der Waals surface area contributed by atoms with Crippen LogP contribution in [0.15, 0.2) is 54.2 Å².